The first-order valence-electron chi connectivity index (χ1n) is 10.4. The van der Waals surface area contributed by atoms with Gasteiger partial charge in [0.15, 0.2) is 0 Å². The monoisotopic (exact) mass is 398 g/mol. The lowest BCUT2D eigenvalue weighted by molar-refractivity contribution is 0.341. The minimum atomic E-state index is 0.619. The van der Waals surface area contributed by atoms with Gasteiger partial charge in [0.25, 0.3) is 0 Å². The van der Waals surface area contributed by atoms with Crippen LogP contribution in [0.1, 0.15) is 30.9 Å². The summed E-state index contributed by atoms with van der Waals surface area (Å²) in [5.41, 5.74) is 6.52. The normalized spacial score (nSPS) is 15.0. The number of benzene rings is 2. The molecule has 0 unspecified atom stereocenters. The number of ether oxygens (including phenoxy) is 2. The fourth-order valence-corrected chi connectivity index (χ4v) is 3.80. The summed E-state index contributed by atoms with van der Waals surface area (Å²) in [5, 5.41) is 0. The largest absolute Gasteiger partial charge is 0.496 e. The van der Waals surface area contributed by atoms with E-state index in [0.717, 1.165) is 58.9 Å². The molecule has 2 heterocycles. The number of para-hydroxylation sites is 1. The first-order valence-corrected chi connectivity index (χ1v) is 10.4. The molecule has 30 heavy (non-hydrogen) atoms. The van der Waals surface area contributed by atoms with Crippen LogP contribution in [0.2, 0.25) is 0 Å². The van der Waals surface area contributed by atoms with Crippen LogP contribution in [0.3, 0.4) is 0 Å². The first kappa shape index (κ1) is 19.9. The van der Waals surface area contributed by atoms with Crippen molar-refractivity contribution in [1.82, 2.24) is 4.98 Å². The van der Waals surface area contributed by atoms with E-state index in [1.54, 1.807) is 13.3 Å². The standard InChI is InChI=1S/C26H26N2O2/c1-3-30-25-11-5-4-10-22(25)23-17-19(12-13-24(23)29-2)16-20-8-7-15-28-26(20)21-9-6-14-27-18-21/h4-6,9-14,16-18H,3,7-8,15H2,1-2H3/b20-16-. The van der Waals surface area contributed by atoms with E-state index in [9.17, 15) is 0 Å². The van der Waals surface area contributed by atoms with Crippen molar-refractivity contribution in [2.45, 2.75) is 19.8 Å². The molecule has 1 aliphatic rings. The Kier molecular flexibility index (Phi) is 6.23. The SMILES string of the molecule is CCOc1ccccc1-c1cc(/C=C2/CCCN=C2c2cccnc2)ccc1OC. The van der Waals surface area contributed by atoms with Gasteiger partial charge in [-0.3, -0.25) is 9.98 Å². The molecule has 0 aliphatic carbocycles. The van der Waals surface area contributed by atoms with Gasteiger partial charge >= 0.3 is 0 Å². The van der Waals surface area contributed by atoms with Crippen LogP contribution < -0.4 is 9.47 Å². The second kappa shape index (κ2) is 9.40. The van der Waals surface area contributed by atoms with Gasteiger partial charge < -0.3 is 9.47 Å². The molecule has 0 radical (unpaired) electrons. The Balaban J connectivity index is 1.77. The summed E-state index contributed by atoms with van der Waals surface area (Å²) in [6.07, 6.45) is 7.98. The van der Waals surface area contributed by atoms with E-state index in [2.05, 4.69) is 35.3 Å². The molecule has 0 amide bonds. The Morgan fingerprint density at radius 2 is 1.90 bits per heavy atom. The van der Waals surface area contributed by atoms with Crippen LogP contribution in [0.5, 0.6) is 11.5 Å². The van der Waals surface area contributed by atoms with Crippen LogP contribution in [0.25, 0.3) is 17.2 Å². The van der Waals surface area contributed by atoms with Crippen LogP contribution in [0, 0.1) is 0 Å². The smallest absolute Gasteiger partial charge is 0.127 e. The molecule has 0 atom stereocenters. The highest BCUT2D eigenvalue weighted by Gasteiger charge is 2.16. The van der Waals surface area contributed by atoms with E-state index < -0.39 is 0 Å². The van der Waals surface area contributed by atoms with Crippen molar-refractivity contribution < 1.29 is 9.47 Å². The van der Waals surface area contributed by atoms with Crippen molar-refractivity contribution in [2.24, 2.45) is 4.99 Å². The molecule has 1 aromatic heterocycles. The Bertz CT molecular complexity index is 1070. The zero-order valence-electron chi connectivity index (χ0n) is 17.5. The number of hydrogen-bond donors (Lipinski definition) is 0. The summed E-state index contributed by atoms with van der Waals surface area (Å²) in [5.74, 6) is 1.69. The highest BCUT2D eigenvalue weighted by atomic mass is 16.5. The fraction of sp³-hybridized carbons (Fsp3) is 0.231. The molecular weight excluding hydrogens is 372 g/mol. The van der Waals surface area contributed by atoms with Crippen LogP contribution >= 0.6 is 0 Å². The molecule has 2 aromatic carbocycles. The van der Waals surface area contributed by atoms with Gasteiger partial charge in [0.1, 0.15) is 11.5 Å². The van der Waals surface area contributed by atoms with E-state index in [1.807, 2.05) is 43.5 Å². The van der Waals surface area contributed by atoms with Crippen molar-refractivity contribution in [3.63, 3.8) is 0 Å². The van der Waals surface area contributed by atoms with Gasteiger partial charge in [-0.05, 0) is 67.3 Å². The predicted molar refractivity (Wildman–Crippen MR) is 122 cm³/mol. The second-order valence-electron chi connectivity index (χ2n) is 7.13. The third-order valence-corrected chi connectivity index (χ3v) is 5.15. The zero-order chi connectivity index (χ0) is 20.8. The van der Waals surface area contributed by atoms with E-state index in [1.165, 1.54) is 5.57 Å². The molecule has 4 nitrogen and oxygen atoms in total. The number of pyridine rings is 1. The lowest BCUT2D eigenvalue weighted by Crippen LogP contribution is -2.11. The molecule has 1 aliphatic heterocycles. The highest BCUT2D eigenvalue weighted by molar-refractivity contribution is 6.15. The number of methoxy groups -OCH3 is 1. The summed E-state index contributed by atoms with van der Waals surface area (Å²) >= 11 is 0. The number of nitrogens with zero attached hydrogens (tertiary/aromatic N) is 2. The molecular formula is C26H26N2O2. The van der Waals surface area contributed by atoms with Crippen molar-refractivity contribution >= 4 is 11.8 Å². The summed E-state index contributed by atoms with van der Waals surface area (Å²) < 4.78 is 11.5. The molecule has 152 valence electrons. The highest BCUT2D eigenvalue weighted by Crippen LogP contribution is 2.37. The minimum Gasteiger partial charge on any atom is -0.496 e. The summed E-state index contributed by atoms with van der Waals surface area (Å²) in [6.45, 7) is 3.47. The Morgan fingerprint density at radius 1 is 1.00 bits per heavy atom. The van der Waals surface area contributed by atoms with Gasteiger partial charge in [-0.1, -0.05) is 24.3 Å². The molecule has 3 aromatic rings. The number of rotatable bonds is 6. The molecule has 0 spiro atoms. The van der Waals surface area contributed by atoms with E-state index >= 15 is 0 Å². The minimum absolute atomic E-state index is 0.619. The van der Waals surface area contributed by atoms with Gasteiger partial charge in [0.2, 0.25) is 0 Å². The lowest BCUT2D eigenvalue weighted by atomic mass is 9.93. The average Bonchev–Trinajstić information content (AvgIpc) is 2.81. The van der Waals surface area contributed by atoms with Crippen LogP contribution in [-0.4, -0.2) is 31.0 Å². The summed E-state index contributed by atoms with van der Waals surface area (Å²) in [7, 11) is 1.70. The van der Waals surface area contributed by atoms with E-state index in [0.29, 0.717) is 6.61 Å². The van der Waals surface area contributed by atoms with Crippen LogP contribution in [-0.2, 0) is 0 Å². The Labute approximate surface area is 177 Å². The summed E-state index contributed by atoms with van der Waals surface area (Å²) in [6, 6.07) is 18.4. The molecule has 0 bridgehead atoms. The van der Waals surface area contributed by atoms with Gasteiger partial charge in [0.05, 0.1) is 19.4 Å². The maximum absolute atomic E-state index is 5.86. The maximum atomic E-state index is 5.86. The number of allylic oxidation sites excluding steroid dienone is 1. The topological polar surface area (TPSA) is 43.7 Å². The molecule has 0 saturated carbocycles. The molecule has 0 fully saturated rings. The molecule has 4 heteroatoms. The number of aromatic nitrogens is 1. The first-order chi connectivity index (χ1) is 14.8. The molecule has 0 N–H and O–H groups in total. The molecule has 0 saturated heterocycles. The second-order valence-corrected chi connectivity index (χ2v) is 7.13. The predicted octanol–water partition coefficient (Wildman–Crippen LogP) is 5.82. The lowest BCUT2D eigenvalue weighted by Gasteiger charge is -2.17. The third kappa shape index (κ3) is 4.28. The van der Waals surface area contributed by atoms with Crippen molar-refractivity contribution in [2.75, 3.05) is 20.3 Å². The quantitative estimate of drug-likeness (QED) is 0.525. The van der Waals surface area contributed by atoms with Crippen molar-refractivity contribution in [1.29, 1.82) is 0 Å². The summed E-state index contributed by atoms with van der Waals surface area (Å²) in [4.78, 5) is 9.06. The number of hydrogen-bond acceptors (Lipinski definition) is 4. The van der Waals surface area contributed by atoms with Crippen molar-refractivity contribution in [3.8, 4) is 22.6 Å². The average molecular weight is 399 g/mol. The Morgan fingerprint density at radius 3 is 2.70 bits per heavy atom. The van der Waals surface area contributed by atoms with Gasteiger partial charge in [-0.25, -0.2) is 0 Å². The van der Waals surface area contributed by atoms with Crippen LogP contribution in [0.15, 0.2) is 77.6 Å². The zero-order valence-corrected chi connectivity index (χ0v) is 17.5. The van der Waals surface area contributed by atoms with E-state index in [4.69, 9.17) is 14.5 Å². The Hall–Kier alpha value is -3.40. The third-order valence-electron chi connectivity index (χ3n) is 5.15. The maximum Gasteiger partial charge on any atom is 0.127 e. The fourth-order valence-electron chi connectivity index (χ4n) is 3.80. The van der Waals surface area contributed by atoms with Gasteiger partial charge in [-0.2, -0.15) is 0 Å². The van der Waals surface area contributed by atoms with Gasteiger partial charge in [0, 0.05) is 35.6 Å². The number of aliphatic imine (C=N–C) groups is 1. The van der Waals surface area contributed by atoms with Crippen molar-refractivity contribution in [3.05, 3.63) is 83.7 Å². The van der Waals surface area contributed by atoms with Gasteiger partial charge in [-0.15, -0.1) is 0 Å². The van der Waals surface area contributed by atoms with Crippen LogP contribution in [0.4, 0.5) is 0 Å². The molecule has 4 rings (SSSR count). The van der Waals surface area contributed by atoms with E-state index in [-0.39, 0.29) is 0 Å².